The zero-order valence-corrected chi connectivity index (χ0v) is 30.2. The number of urea groups is 1. The highest BCUT2D eigenvalue weighted by molar-refractivity contribution is 7.99. The van der Waals surface area contributed by atoms with Crippen molar-refractivity contribution in [2.75, 3.05) is 12.9 Å². The number of benzene rings is 4. The molecule has 0 radical (unpaired) electrons. The van der Waals surface area contributed by atoms with Gasteiger partial charge in [-0.1, -0.05) is 122 Å². The Morgan fingerprint density at radius 2 is 1.63 bits per heavy atom. The summed E-state index contributed by atoms with van der Waals surface area (Å²) < 4.78 is 20.1. The Morgan fingerprint density at radius 1 is 0.923 bits per heavy atom. The average Bonchev–Trinajstić information content (AvgIpc) is 3.60. The van der Waals surface area contributed by atoms with Crippen molar-refractivity contribution < 1.29 is 28.9 Å². The first-order valence-electron chi connectivity index (χ1n) is 17.1. The number of amides is 2. The van der Waals surface area contributed by atoms with Crippen molar-refractivity contribution in [1.29, 1.82) is 0 Å². The summed E-state index contributed by atoms with van der Waals surface area (Å²) in [6.07, 6.45) is 1.00. The van der Waals surface area contributed by atoms with Crippen LogP contribution in [-0.4, -0.2) is 56.9 Å². The van der Waals surface area contributed by atoms with Gasteiger partial charge in [0.05, 0.1) is 25.9 Å². The quantitative estimate of drug-likeness (QED) is 0.0968. The van der Waals surface area contributed by atoms with Gasteiger partial charge in [-0.05, 0) is 33.4 Å². The fourth-order valence-corrected chi connectivity index (χ4v) is 7.27. The molecule has 0 aliphatic carbocycles. The molecule has 5 atom stereocenters. The maximum absolute atomic E-state index is 13.0. The van der Waals surface area contributed by atoms with Crippen LogP contribution in [0.25, 0.3) is 11.1 Å². The molecule has 0 bridgehead atoms. The van der Waals surface area contributed by atoms with Crippen molar-refractivity contribution in [1.82, 2.24) is 25.4 Å². The third-order valence-electron chi connectivity index (χ3n) is 9.19. The van der Waals surface area contributed by atoms with Crippen molar-refractivity contribution in [3.05, 3.63) is 137 Å². The van der Waals surface area contributed by atoms with E-state index in [4.69, 9.17) is 14.2 Å². The Morgan fingerprint density at radius 3 is 2.33 bits per heavy atom. The molecule has 1 fully saturated rings. The van der Waals surface area contributed by atoms with Gasteiger partial charge in [-0.3, -0.25) is 0 Å². The summed E-state index contributed by atoms with van der Waals surface area (Å²) >= 11 is 1.60. The Balaban J connectivity index is 1.15. The summed E-state index contributed by atoms with van der Waals surface area (Å²) in [5.41, 5.74) is 6.49. The van der Waals surface area contributed by atoms with Gasteiger partial charge in [-0.2, -0.15) is 0 Å². The summed E-state index contributed by atoms with van der Waals surface area (Å²) in [7, 11) is 3.23. The van der Waals surface area contributed by atoms with Crippen LogP contribution < -0.4 is 10.6 Å². The van der Waals surface area contributed by atoms with Gasteiger partial charge in [-0.25, -0.2) is 9.59 Å². The first-order chi connectivity index (χ1) is 25.3. The molecule has 0 spiro atoms. The second-order valence-corrected chi connectivity index (χ2v) is 13.7. The van der Waals surface area contributed by atoms with Crippen LogP contribution in [0.1, 0.15) is 47.1 Å². The van der Waals surface area contributed by atoms with E-state index < -0.39 is 24.3 Å². The zero-order valence-electron chi connectivity index (χ0n) is 29.3. The molecule has 2 heterocycles. The smallest absolute Gasteiger partial charge is 0.328 e. The van der Waals surface area contributed by atoms with Gasteiger partial charge < -0.3 is 34.5 Å². The maximum atomic E-state index is 13.0. The molecule has 52 heavy (non-hydrogen) atoms. The molecule has 270 valence electrons. The Hall–Kier alpha value is -5.01. The number of methoxy groups -OCH3 is 1. The lowest BCUT2D eigenvalue weighted by atomic mass is 9.91. The third kappa shape index (κ3) is 9.07. The van der Waals surface area contributed by atoms with Crippen LogP contribution >= 0.6 is 11.8 Å². The molecule has 0 unspecified atom stereocenters. The minimum absolute atomic E-state index is 0.0204. The van der Waals surface area contributed by atoms with Gasteiger partial charge in [0.15, 0.2) is 11.4 Å². The number of nitrogens with zero attached hydrogens (tertiary/aromatic N) is 3. The van der Waals surface area contributed by atoms with E-state index in [2.05, 4.69) is 27.8 Å². The number of hydrogen-bond donors (Lipinski definition) is 3. The predicted octanol–water partition coefficient (Wildman–Crippen LogP) is 6.14. The van der Waals surface area contributed by atoms with Crippen LogP contribution in [0.4, 0.5) is 4.79 Å². The lowest BCUT2D eigenvalue weighted by Gasteiger charge is -2.41. The average molecular weight is 722 g/mol. The summed E-state index contributed by atoms with van der Waals surface area (Å²) in [5, 5.41) is 24.3. The van der Waals surface area contributed by atoms with Crippen molar-refractivity contribution in [2.24, 2.45) is 13.0 Å². The van der Waals surface area contributed by atoms with E-state index in [0.717, 1.165) is 44.1 Å². The number of aliphatic hydroxyl groups excluding tert-OH is 1. The van der Waals surface area contributed by atoms with Gasteiger partial charge in [0.25, 0.3) is 0 Å². The number of ether oxygens (including phenoxy) is 3. The van der Waals surface area contributed by atoms with Crippen molar-refractivity contribution in [3.8, 4) is 11.1 Å². The molecule has 1 aliphatic heterocycles. The molecule has 1 aliphatic rings. The largest absolute Gasteiger partial charge is 0.467 e. The van der Waals surface area contributed by atoms with E-state index in [9.17, 15) is 14.7 Å². The molecule has 11 nitrogen and oxygen atoms in total. The van der Waals surface area contributed by atoms with Crippen LogP contribution in [0.5, 0.6) is 0 Å². The number of carbonyl (C=O) groups is 2. The topological polar surface area (TPSA) is 137 Å². The summed E-state index contributed by atoms with van der Waals surface area (Å²) in [6.45, 7) is 2.36. The van der Waals surface area contributed by atoms with Gasteiger partial charge >= 0.3 is 12.0 Å². The second kappa shape index (κ2) is 17.5. The van der Waals surface area contributed by atoms with Gasteiger partial charge in [0.2, 0.25) is 0 Å². The fraction of sp³-hybridized carbons (Fsp3) is 0.300. The maximum Gasteiger partial charge on any atom is 0.328 e. The Labute approximate surface area is 307 Å². The molecule has 0 saturated carbocycles. The highest BCUT2D eigenvalue weighted by atomic mass is 32.2. The molecular weight excluding hydrogens is 679 g/mol. The lowest BCUT2D eigenvalue weighted by Crippen LogP contribution is -2.47. The van der Waals surface area contributed by atoms with Crippen LogP contribution in [-0.2, 0) is 45.6 Å². The number of nitrogens with one attached hydrogen (secondary N) is 2. The molecule has 12 heteroatoms. The molecular formula is C40H43N5O6S. The molecule has 4 aromatic carbocycles. The monoisotopic (exact) mass is 721 g/mol. The number of hydrogen-bond acceptors (Lipinski definition) is 9. The van der Waals surface area contributed by atoms with E-state index in [1.165, 1.54) is 7.11 Å². The third-order valence-corrected chi connectivity index (χ3v) is 10.3. The number of aromatic nitrogens is 3. The van der Waals surface area contributed by atoms with Crippen LogP contribution in [0.15, 0.2) is 115 Å². The molecule has 5 aromatic rings. The normalized spacial score (nSPS) is 19.1. The molecule has 3 N–H and O–H groups in total. The minimum Gasteiger partial charge on any atom is -0.467 e. The lowest BCUT2D eigenvalue weighted by molar-refractivity contribution is -0.268. The van der Waals surface area contributed by atoms with E-state index in [1.54, 1.807) is 18.1 Å². The van der Waals surface area contributed by atoms with Crippen LogP contribution in [0.3, 0.4) is 0 Å². The van der Waals surface area contributed by atoms with Gasteiger partial charge in [0, 0.05) is 37.2 Å². The number of aryl methyl sites for hydroxylation is 1. The van der Waals surface area contributed by atoms with Gasteiger partial charge in [-0.15, -0.1) is 10.2 Å². The number of rotatable bonds is 13. The van der Waals surface area contributed by atoms with Crippen LogP contribution in [0, 0.1) is 5.92 Å². The van der Waals surface area contributed by atoms with Crippen LogP contribution in [0.2, 0.25) is 0 Å². The fourth-order valence-electron chi connectivity index (χ4n) is 6.22. The molecule has 1 saturated heterocycles. The summed E-state index contributed by atoms with van der Waals surface area (Å²) in [6, 6.07) is 32.0. The first-order valence-corrected chi connectivity index (χ1v) is 18.1. The SMILES string of the molecule is COC(=O)[C@H](Cc1ccccc1)NC(=O)NCc1ccccc1-c1ccc([C@@H]2O[C@H](CSc3nncn3C)[C@H](C)[C@H](c3ccc(CO)cc3)O2)cc1. The van der Waals surface area contributed by atoms with Gasteiger partial charge in [0.1, 0.15) is 12.4 Å². The molecule has 1 aromatic heterocycles. The highest BCUT2D eigenvalue weighted by Gasteiger charge is 2.38. The van der Waals surface area contributed by atoms with Crippen molar-refractivity contribution in [2.45, 2.75) is 56.2 Å². The van der Waals surface area contributed by atoms with E-state index in [-0.39, 0.29) is 31.3 Å². The standard InChI is InChI=1S/C40H43N5O6S/c1-26-35(24-52-40-44-42-25-45(40)2)50-38(51-36(26)30-15-13-28(23-46)14-16-30)31-19-17-29(18-20-31)33-12-8-7-11-32(33)22-41-39(48)43-34(37(47)49-3)21-27-9-5-4-6-10-27/h4-20,25-26,34-36,38,46H,21-24H2,1-3H3,(H2,41,43,48)/t26-,34-,35+,36+,38+/m0/s1. The van der Waals surface area contributed by atoms with Crippen molar-refractivity contribution >= 4 is 23.8 Å². The molecule has 2 amide bonds. The number of thioether (sulfide) groups is 1. The Kier molecular flexibility index (Phi) is 12.4. The minimum atomic E-state index is -0.827. The van der Waals surface area contributed by atoms with Crippen molar-refractivity contribution in [3.63, 3.8) is 0 Å². The highest BCUT2D eigenvalue weighted by Crippen LogP contribution is 2.43. The number of esters is 1. The predicted molar refractivity (Wildman–Crippen MR) is 198 cm³/mol. The number of aliphatic hydroxyl groups is 1. The van der Waals surface area contributed by atoms with E-state index in [0.29, 0.717) is 12.2 Å². The zero-order chi connectivity index (χ0) is 36.5. The van der Waals surface area contributed by atoms with E-state index >= 15 is 0 Å². The summed E-state index contributed by atoms with van der Waals surface area (Å²) in [4.78, 5) is 25.4. The first kappa shape index (κ1) is 36.8. The molecule has 6 rings (SSSR count). The van der Waals surface area contributed by atoms with E-state index in [1.807, 2.05) is 115 Å². The summed E-state index contributed by atoms with van der Waals surface area (Å²) in [5.74, 6) is 0.188. The second-order valence-electron chi connectivity index (χ2n) is 12.7. The Bertz CT molecular complexity index is 1920. The number of carbonyl (C=O) groups excluding carboxylic acids is 2.